The molecule has 2 aromatic heterocycles. The summed E-state index contributed by atoms with van der Waals surface area (Å²) >= 11 is 5.98. The molecule has 0 aliphatic heterocycles. The van der Waals surface area contributed by atoms with Crippen LogP contribution in [0.5, 0.6) is 5.75 Å². The van der Waals surface area contributed by atoms with E-state index in [1.807, 2.05) is 6.07 Å². The number of halogens is 1. The highest BCUT2D eigenvalue weighted by Gasteiger charge is 2.14. The molecule has 0 saturated heterocycles. The molecule has 28 heavy (non-hydrogen) atoms. The highest BCUT2D eigenvalue weighted by atomic mass is 35.5. The Kier molecular flexibility index (Phi) is 6.18. The van der Waals surface area contributed by atoms with E-state index in [2.05, 4.69) is 20.6 Å². The molecule has 0 atom stereocenters. The molecule has 142 valence electrons. The number of carbonyl (C=O) groups is 2. The maximum absolute atomic E-state index is 12.6. The molecule has 2 N–H and O–H groups in total. The van der Waals surface area contributed by atoms with Crippen molar-refractivity contribution in [3.8, 4) is 5.75 Å². The number of methoxy groups -OCH3 is 1. The number of benzene rings is 1. The van der Waals surface area contributed by atoms with E-state index in [-0.39, 0.29) is 17.8 Å². The summed E-state index contributed by atoms with van der Waals surface area (Å²) in [6.45, 7) is 0.261. The lowest BCUT2D eigenvalue weighted by atomic mass is 10.2. The molecule has 0 radical (unpaired) electrons. The predicted octanol–water partition coefficient (Wildman–Crippen LogP) is 3.32. The van der Waals surface area contributed by atoms with Crippen molar-refractivity contribution in [2.75, 3.05) is 12.4 Å². The third-order valence-corrected chi connectivity index (χ3v) is 4.06. The summed E-state index contributed by atoms with van der Waals surface area (Å²) in [5.74, 6) is -0.345. The zero-order valence-corrected chi connectivity index (χ0v) is 15.7. The van der Waals surface area contributed by atoms with Gasteiger partial charge in [-0.2, -0.15) is 0 Å². The van der Waals surface area contributed by atoms with Crippen molar-refractivity contribution in [1.29, 1.82) is 0 Å². The number of pyridine rings is 2. The van der Waals surface area contributed by atoms with Crippen LogP contribution in [0.2, 0.25) is 5.02 Å². The van der Waals surface area contributed by atoms with Crippen LogP contribution >= 0.6 is 11.6 Å². The number of nitrogens with one attached hydrogen (secondary N) is 2. The highest BCUT2D eigenvalue weighted by molar-refractivity contribution is 6.31. The molecule has 0 aliphatic rings. The first kappa shape index (κ1) is 19.3. The molecular formula is C20H17ClN4O3. The monoisotopic (exact) mass is 396 g/mol. The van der Waals surface area contributed by atoms with Gasteiger partial charge in [-0.3, -0.25) is 19.6 Å². The third kappa shape index (κ3) is 4.83. The highest BCUT2D eigenvalue weighted by Crippen LogP contribution is 2.28. The summed E-state index contributed by atoms with van der Waals surface area (Å²) in [6, 6.07) is 13.3. The molecule has 0 unspecified atom stereocenters. The second-order valence-electron chi connectivity index (χ2n) is 5.73. The summed E-state index contributed by atoms with van der Waals surface area (Å²) < 4.78 is 5.22. The number of carbonyl (C=O) groups excluding carboxylic acids is 2. The fourth-order valence-corrected chi connectivity index (χ4v) is 2.60. The first-order valence-corrected chi connectivity index (χ1v) is 8.73. The van der Waals surface area contributed by atoms with Crippen molar-refractivity contribution in [3.05, 3.63) is 82.9 Å². The molecule has 0 spiro atoms. The Labute approximate surface area is 166 Å². The van der Waals surface area contributed by atoms with Gasteiger partial charge in [0, 0.05) is 23.0 Å². The molecule has 8 heteroatoms. The van der Waals surface area contributed by atoms with Crippen molar-refractivity contribution >= 4 is 29.1 Å². The van der Waals surface area contributed by atoms with Gasteiger partial charge in [-0.05, 0) is 42.5 Å². The van der Waals surface area contributed by atoms with Gasteiger partial charge in [0.1, 0.15) is 11.4 Å². The quantitative estimate of drug-likeness (QED) is 0.666. The van der Waals surface area contributed by atoms with Crippen LogP contribution in [0.4, 0.5) is 5.69 Å². The number of hydrogen-bond acceptors (Lipinski definition) is 5. The van der Waals surface area contributed by atoms with Crippen LogP contribution in [-0.4, -0.2) is 28.9 Å². The first-order valence-electron chi connectivity index (χ1n) is 8.36. The van der Waals surface area contributed by atoms with Gasteiger partial charge in [-0.1, -0.05) is 17.7 Å². The average molecular weight is 397 g/mol. The van der Waals surface area contributed by atoms with Gasteiger partial charge in [0.15, 0.2) is 0 Å². The Balaban J connectivity index is 1.71. The number of amides is 2. The smallest absolute Gasteiger partial charge is 0.270 e. The number of aromatic nitrogens is 2. The summed E-state index contributed by atoms with van der Waals surface area (Å²) in [5.41, 5.74) is 1.55. The number of nitrogens with zero attached hydrogens (tertiary/aromatic N) is 2. The first-order chi connectivity index (χ1) is 13.6. The largest absolute Gasteiger partial charge is 0.495 e. The number of anilines is 1. The second-order valence-corrected chi connectivity index (χ2v) is 6.17. The Hall–Kier alpha value is -3.45. The second kappa shape index (κ2) is 8.96. The number of ether oxygens (including phenoxy) is 1. The SMILES string of the molecule is COc1ccc(Cl)cc1NC(=O)c1ccnc(C(=O)NCc2ccccn2)c1. The van der Waals surface area contributed by atoms with Gasteiger partial charge in [0.2, 0.25) is 0 Å². The molecule has 2 heterocycles. The van der Waals surface area contributed by atoms with E-state index < -0.39 is 11.8 Å². The zero-order valence-electron chi connectivity index (χ0n) is 15.0. The van der Waals surface area contributed by atoms with Gasteiger partial charge < -0.3 is 15.4 Å². The van der Waals surface area contributed by atoms with E-state index in [1.54, 1.807) is 36.5 Å². The van der Waals surface area contributed by atoms with Crippen molar-refractivity contribution < 1.29 is 14.3 Å². The van der Waals surface area contributed by atoms with E-state index in [0.29, 0.717) is 16.5 Å². The Morgan fingerprint density at radius 3 is 2.64 bits per heavy atom. The standard InChI is InChI=1S/C20H17ClN4O3/c1-28-18-6-5-14(21)11-16(18)25-19(26)13-7-9-23-17(10-13)20(27)24-12-15-4-2-3-8-22-15/h2-11H,12H2,1H3,(H,24,27)(H,25,26). The summed E-state index contributed by atoms with van der Waals surface area (Å²) in [6.07, 6.45) is 3.05. The summed E-state index contributed by atoms with van der Waals surface area (Å²) in [4.78, 5) is 33.1. The van der Waals surface area contributed by atoms with E-state index in [1.165, 1.54) is 25.4 Å². The summed E-state index contributed by atoms with van der Waals surface area (Å²) in [7, 11) is 1.50. The van der Waals surface area contributed by atoms with E-state index in [4.69, 9.17) is 16.3 Å². The molecule has 2 amide bonds. The van der Waals surface area contributed by atoms with Crippen molar-refractivity contribution in [2.45, 2.75) is 6.54 Å². The number of rotatable bonds is 6. The van der Waals surface area contributed by atoms with Crippen molar-refractivity contribution in [1.82, 2.24) is 15.3 Å². The lowest BCUT2D eigenvalue weighted by Crippen LogP contribution is -2.25. The van der Waals surface area contributed by atoms with Crippen LogP contribution < -0.4 is 15.4 Å². The molecule has 7 nitrogen and oxygen atoms in total. The maximum atomic E-state index is 12.6. The molecule has 0 saturated carbocycles. The van der Waals surface area contributed by atoms with Crippen LogP contribution in [0.25, 0.3) is 0 Å². The van der Waals surface area contributed by atoms with Gasteiger partial charge in [-0.15, -0.1) is 0 Å². The Morgan fingerprint density at radius 1 is 1.04 bits per heavy atom. The van der Waals surface area contributed by atoms with Gasteiger partial charge in [0.25, 0.3) is 11.8 Å². The van der Waals surface area contributed by atoms with Crippen molar-refractivity contribution in [2.24, 2.45) is 0 Å². The number of hydrogen-bond donors (Lipinski definition) is 2. The lowest BCUT2D eigenvalue weighted by molar-refractivity contribution is 0.0945. The zero-order chi connectivity index (χ0) is 19.9. The molecule has 3 rings (SSSR count). The Morgan fingerprint density at radius 2 is 1.89 bits per heavy atom. The molecule has 0 bridgehead atoms. The Bertz CT molecular complexity index is 996. The summed E-state index contributed by atoms with van der Waals surface area (Å²) in [5, 5.41) is 5.91. The molecule has 1 aromatic carbocycles. The fraction of sp³-hybridized carbons (Fsp3) is 0.100. The van der Waals surface area contributed by atoms with E-state index in [9.17, 15) is 9.59 Å². The minimum atomic E-state index is -0.415. The van der Waals surface area contributed by atoms with E-state index >= 15 is 0 Å². The molecular weight excluding hydrogens is 380 g/mol. The third-order valence-electron chi connectivity index (χ3n) is 3.82. The van der Waals surface area contributed by atoms with Crippen LogP contribution in [0.3, 0.4) is 0 Å². The lowest BCUT2D eigenvalue weighted by Gasteiger charge is -2.11. The predicted molar refractivity (Wildman–Crippen MR) is 106 cm³/mol. The minimum absolute atomic E-state index is 0.127. The van der Waals surface area contributed by atoms with Crippen molar-refractivity contribution in [3.63, 3.8) is 0 Å². The fourth-order valence-electron chi connectivity index (χ4n) is 2.43. The van der Waals surface area contributed by atoms with Gasteiger partial charge >= 0.3 is 0 Å². The molecule has 0 aliphatic carbocycles. The molecule has 0 fully saturated rings. The van der Waals surface area contributed by atoms with E-state index in [0.717, 1.165) is 5.69 Å². The minimum Gasteiger partial charge on any atom is -0.495 e. The van der Waals surface area contributed by atoms with Gasteiger partial charge in [-0.25, -0.2) is 0 Å². The van der Waals surface area contributed by atoms with Crippen LogP contribution in [0.15, 0.2) is 60.9 Å². The van der Waals surface area contributed by atoms with Crippen LogP contribution in [-0.2, 0) is 6.54 Å². The van der Waals surface area contributed by atoms with Crippen LogP contribution in [0, 0.1) is 0 Å². The average Bonchev–Trinajstić information content (AvgIpc) is 2.73. The maximum Gasteiger partial charge on any atom is 0.270 e. The normalized spacial score (nSPS) is 10.2. The topological polar surface area (TPSA) is 93.2 Å². The molecule has 3 aromatic rings. The van der Waals surface area contributed by atoms with Gasteiger partial charge in [0.05, 0.1) is 25.0 Å². The van der Waals surface area contributed by atoms with Crippen LogP contribution in [0.1, 0.15) is 26.5 Å².